The van der Waals surface area contributed by atoms with Gasteiger partial charge in [0.05, 0.1) is 0 Å². The number of allylic oxidation sites excluding steroid dienone is 6. The molecule has 15 heavy (non-hydrogen) atoms. The second kappa shape index (κ2) is 11.3. The first-order valence-corrected chi connectivity index (χ1v) is 6.33. The molecular weight excluding hydrogens is 180 g/mol. The molecule has 0 heteroatoms. The van der Waals surface area contributed by atoms with E-state index in [0.717, 1.165) is 6.42 Å². The van der Waals surface area contributed by atoms with Crippen molar-refractivity contribution < 1.29 is 0 Å². The number of hydrogen-bond acceptors (Lipinski definition) is 0. The fourth-order valence-electron chi connectivity index (χ4n) is 1.37. The maximum absolute atomic E-state index is 2.32. The zero-order valence-corrected chi connectivity index (χ0v) is 10.6. The zero-order chi connectivity index (χ0) is 11.4. The van der Waals surface area contributed by atoms with Crippen LogP contribution in [0.2, 0.25) is 0 Å². The Bertz CT molecular complexity index is 196. The topological polar surface area (TPSA) is 0 Å². The SMILES string of the molecule is CCC=CC=CC(CC)CC=CCCC. The van der Waals surface area contributed by atoms with E-state index in [1.165, 1.54) is 25.7 Å². The second-order valence-electron chi connectivity index (χ2n) is 3.89. The summed E-state index contributed by atoms with van der Waals surface area (Å²) >= 11 is 0. The molecular formula is C15H26. The van der Waals surface area contributed by atoms with Crippen molar-refractivity contribution in [1.82, 2.24) is 0 Å². The summed E-state index contributed by atoms with van der Waals surface area (Å²) in [4.78, 5) is 0. The summed E-state index contributed by atoms with van der Waals surface area (Å²) in [5.41, 5.74) is 0. The molecule has 0 saturated carbocycles. The third-order valence-corrected chi connectivity index (χ3v) is 2.45. The Labute approximate surface area is 95.8 Å². The molecule has 0 aromatic carbocycles. The maximum Gasteiger partial charge on any atom is -0.0198 e. The van der Waals surface area contributed by atoms with Crippen molar-refractivity contribution in [3.8, 4) is 0 Å². The fourth-order valence-corrected chi connectivity index (χ4v) is 1.37. The molecule has 86 valence electrons. The predicted molar refractivity (Wildman–Crippen MR) is 71.0 cm³/mol. The van der Waals surface area contributed by atoms with Crippen LogP contribution in [0.15, 0.2) is 36.5 Å². The van der Waals surface area contributed by atoms with Gasteiger partial charge >= 0.3 is 0 Å². The van der Waals surface area contributed by atoms with Gasteiger partial charge in [-0.1, -0.05) is 63.6 Å². The van der Waals surface area contributed by atoms with Crippen molar-refractivity contribution in [3.63, 3.8) is 0 Å². The predicted octanol–water partition coefficient (Wildman–Crippen LogP) is 5.28. The molecule has 1 unspecified atom stereocenters. The lowest BCUT2D eigenvalue weighted by atomic mass is 10.0. The second-order valence-corrected chi connectivity index (χ2v) is 3.89. The Kier molecular flexibility index (Phi) is 10.7. The largest absolute Gasteiger partial charge is 0.0885 e. The minimum absolute atomic E-state index is 0.708. The van der Waals surface area contributed by atoms with Crippen molar-refractivity contribution >= 4 is 0 Å². The summed E-state index contributed by atoms with van der Waals surface area (Å²) in [5, 5.41) is 0. The number of rotatable bonds is 8. The molecule has 0 aromatic rings. The van der Waals surface area contributed by atoms with E-state index < -0.39 is 0 Å². The lowest BCUT2D eigenvalue weighted by molar-refractivity contribution is 0.637. The molecule has 0 heterocycles. The third kappa shape index (κ3) is 9.52. The molecule has 0 bridgehead atoms. The van der Waals surface area contributed by atoms with Crippen LogP contribution in [-0.4, -0.2) is 0 Å². The van der Waals surface area contributed by atoms with Crippen LogP contribution in [0.3, 0.4) is 0 Å². The van der Waals surface area contributed by atoms with Gasteiger partial charge in [0.15, 0.2) is 0 Å². The molecule has 0 radical (unpaired) electrons. The van der Waals surface area contributed by atoms with Gasteiger partial charge in [-0.15, -0.1) is 0 Å². The first-order valence-electron chi connectivity index (χ1n) is 6.33. The zero-order valence-electron chi connectivity index (χ0n) is 10.6. The Morgan fingerprint density at radius 2 is 1.73 bits per heavy atom. The Morgan fingerprint density at radius 1 is 0.933 bits per heavy atom. The normalized spacial score (nSPS) is 14.6. The van der Waals surface area contributed by atoms with E-state index in [1.807, 2.05) is 0 Å². The van der Waals surface area contributed by atoms with E-state index in [2.05, 4.69) is 57.2 Å². The van der Waals surface area contributed by atoms with Gasteiger partial charge in [0.1, 0.15) is 0 Å². The molecule has 0 aromatic heterocycles. The van der Waals surface area contributed by atoms with Gasteiger partial charge in [-0.25, -0.2) is 0 Å². The summed E-state index contributed by atoms with van der Waals surface area (Å²) in [5.74, 6) is 0.708. The number of unbranched alkanes of at least 4 members (excludes halogenated alkanes) is 1. The van der Waals surface area contributed by atoms with Crippen LogP contribution in [0.4, 0.5) is 0 Å². The summed E-state index contributed by atoms with van der Waals surface area (Å²) in [6.07, 6.45) is 19.5. The lowest BCUT2D eigenvalue weighted by Crippen LogP contribution is -1.90. The molecule has 0 aliphatic rings. The summed E-state index contributed by atoms with van der Waals surface area (Å²) < 4.78 is 0. The van der Waals surface area contributed by atoms with E-state index >= 15 is 0 Å². The monoisotopic (exact) mass is 206 g/mol. The molecule has 0 aliphatic heterocycles. The first-order chi connectivity index (χ1) is 7.35. The first kappa shape index (κ1) is 14.2. The van der Waals surface area contributed by atoms with Crippen LogP contribution in [0.25, 0.3) is 0 Å². The highest BCUT2D eigenvalue weighted by Gasteiger charge is 1.96. The van der Waals surface area contributed by atoms with Gasteiger partial charge in [-0.3, -0.25) is 0 Å². The summed E-state index contributed by atoms with van der Waals surface area (Å²) in [6.45, 7) is 6.64. The van der Waals surface area contributed by atoms with Crippen LogP contribution in [0, 0.1) is 5.92 Å². The molecule has 0 aliphatic carbocycles. The minimum atomic E-state index is 0.708. The van der Waals surface area contributed by atoms with E-state index in [0.29, 0.717) is 5.92 Å². The highest BCUT2D eigenvalue weighted by molar-refractivity contribution is 5.05. The van der Waals surface area contributed by atoms with E-state index in [1.54, 1.807) is 0 Å². The van der Waals surface area contributed by atoms with Crippen molar-refractivity contribution in [2.75, 3.05) is 0 Å². The van der Waals surface area contributed by atoms with E-state index in [9.17, 15) is 0 Å². The molecule has 0 rings (SSSR count). The Morgan fingerprint density at radius 3 is 2.33 bits per heavy atom. The Balaban J connectivity index is 3.81. The van der Waals surface area contributed by atoms with Gasteiger partial charge < -0.3 is 0 Å². The maximum atomic E-state index is 2.32. The highest BCUT2D eigenvalue weighted by Crippen LogP contribution is 2.11. The van der Waals surface area contributed by atoms with E-state index in [-0.39, 0.29) is 0 Å². The standard InChI is InChI=1S/C15H26/c1-4-7-9-11-13-15(6-3)14-12-10-8-5-2/h7,9-13,15H,4-6,8,14H2,1-3H3. The molecule has 1 atom stereocenters. The molecule has 0 nitrogen and oxygen atoms in total. The Hall–Kier alpha value is -0.780. The van der Waals surface area contributed by atoms with Crippen LogP contribution in [0.5, 0.6) is 0 Å². The summed E-state index contributed by atoms with van der Waals surface area (Å²) in [7, 11) is 0. The molecule has 0 fully saturated rings. The minimum Gasteiger partial charge on any atom is -0.0885 e. The van der Waals surface area contributed by atoms with E-state index in [4.69, 9.17) is 0 Å². The van der Waals surface area contributed by atoms with Crippen LogP contribution < -0.4 is 0 Å². The van der Waals surface area contributed by atoms with Crippen molar-refractivity contribution in [2.45, 2.75) is 52.9 Å². The molecule has 0 amide bonds. The fraction of sp³-hybridized carbons (Fsp3) is 0.600. The smallest absolute Gasteiger partial charge is 0.0198 e. The number of hydrogen-bond donors (Lipinski definition) is 0. The molecule has 0 N–H and O–H groups in total. The van der Waals surface area contributed by atoms with Gasteiger partial charge in [0.2, 0.25) is 0 Å². The van der Waals surface area contributed by atoms with Gasteiger partial charge in [-0.2, -0.15) is 0 Å². The van der Waals surface area contributed by atoms with Gasteiger partial charge in [0, 0.05) is 0 Å². The lowest BCUT2D eigenvalue weighted by Gasteiger charge is -2.05. The van der Waals surface area contributed by atoms with Crippen molar-refractivity contribution in [1.29, 1.82) is 0 Å². The van der Waals surface area contributed by atoms with Gasteiger partial charge in [0.25, 0.3) is 0 Å². The summed E-state index contributed by atoms with van der Waals surface area (Å²) in [6, 6.07) is 0. The highest BCUT2D eigenvalue weighted by atomic mass is 14.0. The van der Waals surface area contributed by atoms with Crippen LogP contribution in [-0.2, 0) is 0 Å². The molecule has 0 spiro atoms. The van der Waals surface area contributed by atoms with Crippen LogP contribution in [0.1, 0.15) is 52.9 Å². The third-order valence-electron chi connectivity index (χ3n) is 2.45. The molecule has 0 saturated heterocycles. The average molecular weight is 206 g/mol. The quantitative estimate of drug-likeness (QED) is 0.374. The van der Waals surface area contributed by atoms with Crippen LogP contribution >= 0.6 is 0 Å². The van der Waals surface area contributed by atoms with Gasteiger partial charge in [-0.05, 0) is 31.6 Å². The van der Waals surface area contributed by atoms with Crippen molar-refractivity contribution in [3.05, 3.63) is 36.5 Å². The average Bonchev–Trinajstić information content (AvgIpc) is 2.27. The van der Waals surface area contributed by atoms with Crippen molar-refractivity contribution in [2.24, 2.45) is 5.92 Å².